The summed E-state index contributed by atoms with van der Waals surface area (Å²) in [4.78, 5) is 4.88. The molecule has 0 radical (unpaired) electrons. The second kappa shape index (κ2) is 6.41. The van der Waals surface area contributed by atoms with Gasteiger partial charge in [0.25, 0.3) is 0 Å². The molecule has 0 amide bonds. The van der Waals surface area contributed by atoms with Crippen LogP contribution in [0.3, 0.4) is 0 Å². The maximum Gasteiger partial charge on any atom is 0.175 e. The highest BCUT2D eigenvalue weighted by Crippen LogP contribution is 2.15. The lowest BCUT2D eigenvalue weighted by Gasteiger charge is -2.23. The highest BCUT2D eigenvalue weighted by molar-refractivity contribution is 7.90. The van der Waals surface area contributed by atoms with E-state index in [9.17, 15) is 8.42 Å². The Balaban J connectivity index is 1.59. The maximum absolute atomic E-state index is 11.5. The third kappa shape index (κ3) is 3.79. The molecule has 1 N–H and O–H groups in total. The zero-order chi connectivity index (χ0) is 16.4. The van der Waals surface area contributed by atoms with Crippen LogP contribution in [0.25, 0.3) is 0 Å². The number of nitrogens with one attached hydrogen (secondary N) is 1. The van der Waals surface area contributed by atoms with E-state index in [2.05, 4.69) is 22.3 Å². The lowest BCUT2D eigenvalue weighted by molar-refractivity contribution is 0.357. The van der Waals surface area contributed by atoms with E-state index in [0.29, 0.717) is 10.9 Å². The first-order valence-corrected chi connectivity index (χ1v) is 9.80. The van der Waals surface area contributed by atoms with Crippen molar-refractivity contribution < 1.29 is 8.42 Å². The topological polar surface area (TPSA) is 76.9 Å². The fourth-order valence-corrected chi connectivity index (χ4v) is 3.42. The van der Waals surface area contributed by atoms with E-state index >= 15 is 0 Å². The highest BCUT2D eigenvalue weighted by atomic mass is 32.2. The number of benzene rings is 1. The summed E-state index contributed by atoms with van der Waals surface area (Å²) in [5.41, 5.74) is 1.08. The standard InChI is InChI=1S/C16H22N4O2S/c1-3-15-18-16-9-6-13(11-20(16)19-15)17-10-12-4-7-14(8-5-12)23(2,21)22/h4-5,7-8,13,17H,3,6,9-11H2,1-2H3. The molecule has 0 spiro atoms. The Morgan fingerprint density at radius 1 is 1.30 bits per heavy atom. The van der Waals surface area contributed by atoms with Gasteiger partial charge in [-0.3, -0.25) is 0 Å². The van der Waals surface area contributed by atoms with Crippen molar-refractivity contribution in [2.24, 2.45) is 0 Å². The first kappa shape index (κ1) is 16.1. The summed E-state index contributed by atoms with van der Waals surface area (Å²) in [7, 11) is -3.13. The summed E-state index contributed by atoms with van der Waals surface area (Å²) in [6.07, 6.45) is 4.08. The summed E-state index contributed by atoms with van der Waals surface area (Å²) in [6.45, 7) is 3.63. The molecule has 2 aromatic rings. The van der Waals surface area contributed by atoms with Crippen LogP contribution < -0.4 is 5.32 Å². The molecule has 3 rings (SSSR count). The van der Waals surface area contributed by atoms with Gasteiger partial charge in [-0.2, -0.15) is 5.10 Å². The van der Waals surface area contributed by atoms with Crippen LogP contribution >= 0.6 is 0 Å². The van der Waals surface area contributed by atoms with Crippen LogP contribution in [0.4, 0.5) is 0 Å². The number of hydrogen-bond acceptors (Lipinski definition) is 5. The van der Waals surface area contributed by atoms with Crippen molar-refractivity contribution in [1.82, 2.24) is 20.1 Å². The van der Waals surface area contributed by atoms with E-state index in [1.807, 2.05) is 16.8 Å². The minimum Gasteiger partial charge on any atom is -0.308 e. The molecule has 1 aromatic carbocycles. The van der Waals surface area contributed by atoms with Gasteiger partial charge < -0.3 is 5.32 Å². The van der Waals surface area contributed by atoms with E-state index in [-0.39, 0.29) is 0 Å². The number of aromatic nitrogens is 3. The van der Waals surface area contributed by atoms with Gasteiger partial charge in [-0.15, -0.1) is 0 Å². The van der Waals surface area contributed by atoms with Crippen LogP contribution in [0.15, 0.2) is 29.2 Å². The summed E-state index contributed by atoms with van der Waals surface area (Å²) >= 11 is 0. The summed E-state index contributed by atoms with van der Waals surface area (Å²) in [5.74, 6) is 1.99. The number of nitrogens with zero attached hydrogens (tertiary/aromatic N) is 3. The van der Waals surface area contributed by atoms with E-state index in [1.54, 1.807) is 12.1 Å². The van der Waals surface area contributed by atoms with Crippen LogP contribution in [0.2, 0.25) is 0 Å². The second-order valence-corrected chi connectivity index (χ2v) is 8.03. The van der Waals surface area contributed by atoms with Crippen LogP contribution in [-0.4, -0.2) is 35.5 Å². The molecule has 23 heavy (non-hydrogen) atoms. The molecule has 2 heterocycles. The third-order valence-corrected chi connectivity index (χ3v) is 5.29. The predicted molar refractivity (Wildman–Crippen MR) is 87.9 cm³/mol. The minimum atomic E-state index is -3.13. The molecule has 6 nitrogen and oxygen atoms in total. The smallest absolute Gasteiger partial charge is 0.175 e. The number of rotatable bonds is 5. The van der Waals surface area contributed by atoms with Gasteiger partial charge in [0.15, 0.2) is 15.7 Å². The average molecular weight is 334 g/mol. The van der Waals surface area contributed by atoms with Crippen molar-refractivity contribution >= 4 is 9.84 Å². The molecular weight excluding hydrogens is 312 g/mol. The summed E-state index contributed by atoms with van der Waals surface area (Å²) in [5, 5.41) is 8.04. The zero-order valence-electron chi connectivity index (χ0n) is 13.5. The van der Waals surface area contributed by atoms with Crippen molar-refractivity contribution in [2.45, 2.75) is 50.2 Å². The monoisotopic (exact) mass is 334 g/mol. The molecule has 0 aliphatic carbocycles. The fraction of sp³-hybridized carbons (Fsp3) is 0.500. The van der Waals surface area contributed by atoms with E-state index in [0.717, 1.165) is 49.6 Å². The minimum absolute atomic E-state index is 0.360. The van der Waals surface area contributed by atoms with Crippen molar-refractivity contribution in [3.05, 3.63) is 41.5 Å². The van der Waals surface area contributed by atoms with Gasteiger partial charge in [-0.05, 0) is 24.1 Å². The Hall–Kier alpha value is -1.73. The van der Waals surface area contributed by atoms with Crippen molar-refractivity contribution in [2.75, 3.05) is 6.26 Å². The highest BCUT2D eigenvalue weighted by Gasteiger charge is 2.20. The maximum atomic E-state index is 11.5. The van der Waals surface area contributed by atoms with Gasteiger partial charge in [0.2, 0.25) is 0 Å². The van der Waals surface area contributed by atoms with Gasteiger partial charge in [-0.1, -0.05) is 19.1 Å². The molecule has 1 atom stereocenters. The lowest BCUT2D eigenvalue weighted by atomic mass is 10.1. The molecule has 0 bridgehead atoms. The van der Waals surface area contributed by atoms with Crippen molar-refractivity contribution in [3.8, 4) is 0 Å². The van der Waals surface area contributed by atoms with Crippen molar-refractivity contribution in [3.63, 3.8) is 0 Å². The van der Waals surface area contributed by atoms with Crippen LogP contribution in [0.1, 0.15) is 30.6 Å². The predicted octanol–water partition coefficient (Wildman–Crippen LogP) is 1.35. The first-order valence-electron chi connectivity index (χ1n) is 7.90. The third-order valence-electron chi connectivity index (χ3n) is 4.16. The van der Waals surface area contributed by atoms with E-state index in [4.69, 9.17) is 0 Å². The summed E-state index contributed by atoms with van der Waals surface area (Å²) < 4.78 is 24.9. The molecule has 1 unspecified atom stereocenters. The lowest BCUT2D eigenvalue weighted by Crippen LogP contribution is -2.37. The molecular formula is C16H22N4O2S. The van der Waals surface area contributed by atoms with Gasteiger partial charge in [0.05, 0.1) is 11.4 Å². The molecule has 124 valence electrons. The second-order valence-electron chi connectivity index (χ2n) is 6.01. The van der Waals surface area contributed by atoms with Gasteiger partial charge >= 0.3 is 0 Å². The van der Waals surface area contributed by atoms with Gasteiger partial charge in [0, 0.05) is 31.7 Å². The van der Waals surface area contributed by atoms with Crippen molar-refractivity contribution in [1.29, 1.82) is 0 Å². The average Bonchev–Trinajstić information content (AvgIpc) is 2.95. The zero-order valence-corrected chi connectivity index (χ0v) is 14.3. The number of aryl methyl sites for hydroxylation is 2. The number of sulfone groups is 1. The molecule has 1 aliphatic rings. The Morgan fingerprint density at radius 2 is 2.04 bits per heavy atom. The van der Waals surface area contributed by atoms with E-state index in [1.165, 1.54) is 6.26 Å². The fourth-order valence-electron chi connectivity index (χ4n) is 2.79. The Labute approximate surface area is 136 Å². The van der Waals surface area contributed by atoms with Crippen LogP contribution in [-0.2, 0) is 35.8 Å². The molecule has 1 aliphatic heterocycles. The van der Waals surface area contributed by atoms with Crippen LogP contribution in [0.5, 0.6) is 0 Å². The Kier molecular flexibility index (Phi) is 4.50. The summed E-state index contributed by atoms with van der Waals surface area (Å²) in [6, 6.07) is 7.42. The Morgan fingerprint density at radius 3 is 2.70 bits per heavy atom. The van der Waals surface area contributed by atoms with Crippen LogP contribution in [0, 0.1) is 0 Å². The quantitative estimate of drug-likeness (QED) is 0.893. The molecule has 0 saturated carbocycles. The first-order chi connectivity index (χ1) is 11.0. The van der Waals surface area contributed by atoms with Gasteiger partial charge in [0.1, 0.15) is 5.82 Å². The van der Waals surface area contributed by atoms with E-state index < -0.39 is 9.84 Å². The Bertz CT molecular complexity index is 781. The molecule has 1 aromatic heterocycles. The molecule has 0 saturated heterocycles. The van der Waals surface area contributed by atoms with Gasteiger partial charge in [-0.25, -0.2) is 18.1 Å². The largest absolute Gasteiger partial charge is 0.308 e. The molecule has 7 heteroatoms. The normalized spacial score (nSPS) is 17.9. The number of hydrogen-bond donors (Lipinski definition) is 1. The molecule has 0 fully saturated rings. The number of fused-ring (bicyclic) bond motifs is 1. The SMILES string of the molecule is CCc1nc2n(n1)CC(NCc1ccc(S(C)(=O)=O)cc1)CC2.